The van der Waals surface area contributed by atoms with Crippen LogP contribution in [-0.4, -0.2) is 19.9 Å². The Morgan fingerprint density at radius 2 is 0.846 bits per heavy atom. The lowest BCUT2D eigenvalue weighted by Crippen LogP contribution is -1.96. The van der Waals surface area contributed by atoms with Crippen molar-refractivity contribution in [3.63, 3.8) is 0 Å². The Hall–Kier alpha value is -7.04. The van der Waals surface area contributed by atoms with Gasteiger partial charge in [0.2, 0.25) is 0 Å². The largest absolute Gasteiger partial charge is 0.245 e. The predicted molar refractivity (Wildman–Crippen MR) is 215 cm³/mol. The maximum absolute atomic E-state index is 5.20. The average Bonchev–Trinajstić information content (AvgIpc) is 3.23. The normalized spacial score (nSPS) is 11.5. The second kappa shape index (κ2) is 12.4. The van der Waals surface area contributed by atoms with Crippen molar-refractivity contribution in [3.8, 4) is 56.2 Å². The topological polar surface area (TPSA) is 51.6 Å². The second-order valence-corrected chi connectivity index (χ2v) is 13.0. The van der Waals surface area contributed by atoms with Gasteiger partial charge in [0, 0.05) is 43.8 Å². The van der Waals surface area contributed by atoms with Crippen LogP contribution >= 0.6 is 0 Å². The molecule has 3 heterocycles. The van der Waals surface area contributed by atoms with E-state index in [2.05, 4.69) is 140 Å². The molecule has 0 saturated heterocycles. The number of fused-ring (bicyclic) bond motifs is 5. The van der Waals surface area contributed by atoms with Crippen molar-refractivity contribution in [1.82, 2.24) is 19.9 Å². The first-order valence-corrected chi connectivity index (χ1v) is 17.5. The van der Waals surface area contributed by atoms with Crippen LogP contribution in [0.3, 0.4) is 0 Å². The molecule has 0 bridgehead atoms. The molecule has 0 saturated carbocycles. The zero-order valence-corrected chi connectivity index (χ0v) is 28.1. The molecule has 3 aromatic heterocycles. The molecule has 7 aromatic carbocycles. The van der Waals surface area contributed by atoms with Crippen molar-refractivity contribution in [3.05, 3.63) is 182 Å². The summed E-state index contributed by atoms with van der Waals surface area (Å²) in [6, 6.07) is 63.2. The average molecular weight is 663 g/mol. The molecule has 4 heteroatoms. The van der Waals surface area contributed by atoms with E-state index in [0.717, 1.165) is 82.8 Å². The van der Waals surface area contributed by atoms with E-state index in [0.29, 0.717) is 5.82 Å². The van der Waals surface area contributed by atoms with E-state index in [4.69, 9.17) is 19.9 Å². The van der Waals surface area contributed by atoms with Gasteiger partial charge in [-0.1, -0.05) is 164 Å². The second-order valence-electron chi connectivity index (χ2n) is 13.0. The Morgan fingerprint density at radius 1 is 0.288 bits per heavy atom. The first-order chi connectivity index (χ1) is 25.8. The summed E-state index contributed by atoms with van der Waals surface area (Å²) >= 11 is 0. The van der Waals surface area contributed by atoms with Crippen LogP contribution in [0.1, 0.15) is 0 Å². The molecular formula is C48H30N4. The molecule has 0 aliphatic rings. The van der Waals surface area contributed by atoms with E-state index in [9.17, 15) is 0 Å². The van der Waals surface area contributed by atoms with Crippen molar-refractivity contribution >= 4 is 43.6 Å². The van der Waals surface area contributed by atoms with Crippen molar-refractivity contribution in [2.24, 2.45) is 0 Å². The van der Waals surface area contributed by atoms with Crippen molar-refractivity contribution in [1.29, 1.82) is 0 Å². The van der Waals surface area contributed by atoms with Crippen LogP contribution in [-0.2, 0) is 0 Å². The molecule has 0 fully saturated rings. The van der Waals surface area contributed by atoms with E-state index in [1.165, 1.54) is 11.1 Å². The maximum atomic E-state index is 5.20. The summed E-state index contributed by atoms with van der Waals surface area (Å²) in [6.45, 7) is 0. The highest BCUT2D eigenvalue weighted by Gasteiger charge is 2.16. The Balaban J connectivity index is 1.09. The summed E-state index contributed by atoms with van der Waals surface area (Å²) < 4.78 is 0. The molecule has 0 amide bonds. The van der Waals surface area contributed by atoms with Gasteiger partial charge in [-0.2, -0.15) is 0 Å². The number of aromatic nitrogens is 4. The van der Waals surface area contributed by atoms with Crippen molar-refractivity contribution in [2.75, 3.05) is 0 Å². The third kappa shape index (κ3) is 5.17. The van der Waals surface area contributed by atoms with Gasteiger partial charge in [0.1, 0.15) is 0 Å². The Bertz CT molecular complexity index is 2920. The summed E-state index contributed by atoms with van der Waals surface area (Å²) in [5.74, 6) is 0.695. The molecule has 0 unspecified atom stereocenters. The van der Waals surface area contributed by atoms with Gasteiger partial charge in [-0.15, -0.1) is 0 Å². The highest BCUT2D eigenvalue weighted by atomic mass is 14.9. The van der Waals surface area contributed by atoms with Gasteiger partial charge in [0.05, 0.1) is 33.5 Å². The van der Waals surface area contributed by atoms with Crippen LogP contribution < -0.4 is 0 Å². The molecule has 242 valence electrons. The molecular weight excluding hydrogens is 633 g/mol. The smallest absolute Gasteiger partial charge is 0.160 e. The summed E-state index contributed by atoms with van der Waals surface area (Å²) in [7, 11) is 0. The minimum Gasteiger partial charge on any atom is -0.245 e. The molecule has 10 aromatic rings. The van der Waals surface area contributed by atoms with Crippen LogP contribution in [0.2, 0.25) is 0 Å². The first-order valence-electron chi connectivity index (χ1n) is 17.5. The van der Waals surface area contributed by atoms with Crippen LogP contribution in [0.5, 0.6) is 0 Å². The highest BCUT2D eigenvalue weighted by Crippen LogP contribution is 2.39. The van der Waals surface area contributed by atoms with E-state index in [-0.39, 0.29) is 0 Å². The van der Waals surface area contributed by atoms with Gasteiger partial charge in [-0.25, -0.2) is 19.9 Å². The molecule has 0 radical (unpaired) electrons. The quantitative estimate of drug-likeness (QED) is 0.136. The third-order valence-corrected chi connectivity index (χ3v) is 9.88. The van der Waals surface area contributed by atoms with Crippen LogP contribution in [0.15, 0.2) is 182 Å². The van der Waals surface area contributed by atoms with Gasteiger partial charge in [-0.05, 0) is 34.9 Å². The number of pyridine rings is 2. The van der Waals surface area contributed by atoms with Crippen molar-refractivity contribution < 1.29 is 0 Å². The van der Waals surface area contributed by atoms with Gasteiger partial charge in [0.15, 0.2) is 5.82 Å². The highest BCUT2D eigenvalue weighted by molar-refractivity contribution is 6.16. The summed E-state index contributed by atoms with van der Waals surface area (Å²) in [4.78, 5) is 20.6. The fourth-order valence-electron chi connectivity index (χ4n) is 7.28. The van der Waals surface area contributed by atoms with Crippen LogP contribution in [0.4, 0.5) is 0 Å². The molecule has 0 aliphatic heterocycles. The Kier molecular flexibility index (Phi) is 7.10. The molecule has 0 atom stereocenters. The zero-order valence-electron chi connectivity index (χ0n) is 28.1. The molecule has 4 nitrogen and oxygen atoms in total. The predicted octanol–water partition coefficient (Wildman–Crippen LogP) is 12.2. The standard InChI is InChI=1S/C48H30N4/c1-3-11-31(12-4-1)32-19-23-35(24-20-32)45-39-16-8-10-18-43(39)51-48(52-45)37-25-21-34(22-26-37)44-38-15-7-9-17-42(38)50-47-40(44)29-27-36-28-30-41(49-46(36)47)33-13-5-2-6-14-33/h1-30H. The number of rotatable bonds is 5. The van der Waals surface area contributed by atoms with Crippen LogP contribution in [0, 0.1) is 0 Å². The molecule has 52 heavy (non-hydrogen) atoms. The zero-order chi connectivity index (χ0) is 34.4. The van der Waals surface area contributed by atoms with Gasteiger partial charge in [-0.3, -0.25) is 0 Å². The lowest BCUT2D eigenvalue weighted by molar-refractivity contribution is 1.23. The molecule has 0 aliphatic carbocycles. The molecule has 0 N–H and O–H groups in total. The monoisotopic (exact) mass is 662 g/mol. The van der Waals surface area contributed by atoms with E-state index in [1.807, 2.05) is 42.5 Å². The van der Waals surface area contributed by atoms with Gasteiger partial charge >= 0.3 is 0 Å². The minimum atomic E-state index is 0.695. The molecule has 10 rings (SSSR count). The van der Waals surface area contributed by atoms with Gasteiger partial charge < -0.3 is 0 Å². The van der Waals surface area contributed by atoms with Gasteiger partial charge in [0.25, 0.3) is 0 Å². The fourth-order valence-corrected chi connectivity index (χ4v) is 7.28. The SMILES string of the molecule is c1ccc(-c2ccc(-c3nc(-c4ccc(-c5c6ccccc6nc6c5ccc5ccc(-c7ccccc7)nc56)cc4)nc4ccccc34)cc2)cc1. The van der Waals surface area contributed by atoms with E-state index < -0.39 is 0 Å². The summed E-state index contributed by atoms with van der Waals surface area (Å²) in [5.41, 5.74) is 13.2. The number of para-hydroxylation sites is 2. The Morgan fingerprint density at radius 3 is 1.60 bits per heavy atom. The summed E-state index contributed by atoms with van der Waals surface area (Å²) in [6.07, 6.45) is 0. The van der Waals surface area contributed by atoms with Crippen LogP contribution in [0.25, 0.3) is 99.8 Å². The summed E-state index contributed by atoms with van der Waals surface area (Å²) in [5, 5.41) is 4.26. The first kappa shape index (κ1) is 29.8. The number of nitrogens with zero attached hydrogens (tertiary/aromatic N) is 4. The minimum absolute atomic E-state index is 0.695. The molecule has 0 spiro atoms. The third-order valence-electron chi connectivity index (χ3n) is 9.88. The maximum Gasteiger partial charge on any atom is 0.160 e. The van der Waals surface area contributed by atoms with E-state index >= 15 is 0 Å². The Labute approximate surface area is 300 Å². The number of benzene rings is 7. The lowest BCUT2D eigenvalue weighted by Gasteiger charge is -2.14. The van der Waals surface area contributed by atoms with E-state index in [1.54, 1.807) is 0 Å². The lowest BCUT2D eigenvalue weighted by atomic mass is 9.94. The number of hydrogen-bond acceptors (Lipinski definition) is 4. The fraction of sp³-hybridized carbons (Fsp3) is 0. The van der Waals surface area contributed by atoms with Crippen molar-refractivity contribution in [2.45, 2.75) is 0 Å². The number of hydrogen-bond donors (Lipinski definition) is 0.